The van der Waals surface area contributed by atoms with Gasteiger partial charge in [-0.05, 0) is 51.4 Å². The lowest BCUT2D eigenvalue weighted by Crippen LogP contribution is -2.37. The number of nitrogens with zero attached hydrogens (tertiary/aromatic N) is 1. The van der Waals surface area contributed by atoms with E-state index in [0.29, 0.717) is 23.9 Å². The number of likely N-dealkylation sites (N-methyl/N-ethyl adjacent to an activating group) is 1. The number of esters is 2. The number of quaternary nitrogens is 1. The molecule has 0 aromatic heterocycles. The molecule has 0 fully saturated rings. The van der Waals surface area contributed by atoms with E-state index in [4.69, 9.17) is 18.5 Å². The zero-order valence-corrected chi connectivity index (χ0v) is 37.2. The van der Waals surface area contributed by atoms with Crippen molar-refractivity contribution in [3.63, 3.8) is 0 Å². The first-order valence-electron chi connectivity index (χ1n) is 22.0. The van der Waals surface area contributed by atoms with Gasteiger partial charge in [0.25, 0.3) is 0 Å². The van der Waals surface area contributed by atoms with Crippen LogP contribution in [0.25, 0.3) is 0 Å². The summed E-state index contributed by atoms with van der Waals surface area (Å²) in [7, 11) is 1.43. The number of carbonyl (C=O) groups is 2. The van der Waals surface area contributed by atoms with Crippen molar-refractivity contribution in [1.82, 2.24) is 0 Å². The summed E-state index contributed by atoms with van der Waals surface area (Å²) in [5.41, 5.74) is 0. The van der Waals surface area contributed by atoms with Crippen LogP contribution in [0.2, 0.25) is 0 Å². The summed E-state index contributed by atoms with van der Waals surface area (Å²) in [6, 6.07) is 0. The molecule has 0 radical (unpaired) electrons. The van der Waals surface area contributed by atoms with Crippen LogP contribution < -0.4 is 0 Å². The van der Waals surface area contributed by atoms with E-state index in [1.165, 1.54) is 83.5 Å². The number of ether oxygens (including phenoxy) is 2. The van der Waals surface area contributed by atoms with Crippen LogP contribution in [0.1, 0.15) is 168 Å². The molecule has 0 aliphatic rings. The maximum atomic E-state index is 12.7. The van der Waals surface area contributed by atoms with Gasteiger partial charge in [0, 0.05) is 12.8 Å². The van der Waals surface area contributed by atoms with Gasteiger partial charge in [-0.2, -0.15) is 0 Å². The Kier molecular flexibility index (Phi) is 36.7. The quantitative estimate of drug-likeness (QED) is 0.0215. The largest absolute Gasteiger partial charge is 0.472 e. The van der Waals surface area contributed by atoms with Crippen molar-refractivity contribution in [3.05, 3.63) is 60.8 Å². The summed E-state index contributed by atoms with van der Waals surface area (Å²) in [6.07, 6.45) is 45.7. The Morgan fingerprint density at radius 2 is 1.00 bits per heavy atom. The van der Waals surface area contributed by atoms with E-state index in [2.05, 4.69) is 62.5 Å². The van der Waals surface area contributed by atoms with E-state index in [9.17, 15) is 19.0 Å². The van der Waals surface area contributed by atoms with Gasteiger partial charge >= 0.3 is 19.8 Å². The van der Waals surface area contributed by atoms with Gasteiger partial charge in [0.2, 0.25) is 0 Å². The number of hydrogen-bond donors (Lipinski definition) is 1. The highest BCUT2D eigenvalue weighted by Gasteiger charge is 2.27. The molecule has 0 heterocycles. The molecule has 1 N–H and O–H groups in total. The molecule has 0 aliphatic heterocycles. The molecule has 1 unspecified atom stereocenters. The van der Waals surface area contributed by atoms with E-state index >= 15 is 0 Å². The van der Waals surface area contributed by atoms with Gasteiger partial charge in [0.1, 0.15) is 19.8 Å². The highest BCUT2D eigenvalue weighted by Crippen LogP contribution is 2.43. The Balaban J connectivity index is 4.48. The summed E-state index contributed by atoms with van der Waals surface area (Å²) in [5, 5.41) is 0. The maximum absolute atomic E-state index is 12.7. The average Bonchev–Trinajstić information content (AvgIpc) is 3.15. The van der Waals surface area contributed by atoms with Gasteiger partial charge in [-0.25, -0.2) is 4.57 Å². The number of rotatable bonds is 39. The molecule has 0 amide bonds. The highest BCUT2D eigenvalue weighted by atomic mass is 31.2. The zero-order valence-electron chi connectivity index (χ0n) is 36.3. The molecule has 0 saturated carbocycles. The predicted molar refractivity (Wildman–Crippen MR) is 233 cm³/mol. The first-order valence-corrected chi connectivity index (χ1v) is 23.5. The lowest BCUT2D eigenvalue weighted by Gasteiger charge is -2.24. The molecule has 2 atom stereocenters. The predicted octanol–water partition coefficient (Wildman–Crippen LogP) is 12.5. The molecule has 9 nitrogen and oxygen atoms in total. The number of phosphoric acid groups is 1. The van der Waals surface area contributed by atoms with Crippen LogP contribution in [-0.4, -0.2) is 74.9 Å². The van der Waals surface area contributed by atoms with Crippen molar-refractivity contribution in [2.45, 2.75) is 174 Å². The molecule has 0 rings (SSSR count). The molecule has 0 saturated heterocycles. The van der Waals surface area contributed by atoms with E-state index in [1.54, 1.807) is 0 Å². The number of hydrogen-bond acceptors (Lipinski definition) is 7. The Bertz CT molecular complexity index is 1140. The normalized spacial score (nSPS) is 14.2. The molecule has 0 spiro atoms. The first kappa shape index (κ1) is 53.7. The van der Waals surface area contributed by atoms with Crippen LogP contribution in [0.15, 0.2) is 60.8 Å². The van der Waals surface area contributed by atoms with Crippen LogP contribution in [0.5, 0.6) is 0 Å². The second-order valence-corrected chi connectivity index (χ2v) is 17.2. The van der Waals surface area contributed by atoms with Crippen LogP contribution in [0.3, 0.4) is 0 Å². The van der Waals surface area contributed by atoms with Gasteiger partial charge in [0.05, 0.1) is 27.7 Å². The molecule has 324 valence electrons. The van der Waals surface area contributed by atoms with Gasteiger partial charge < -0.3 is 18.9 Å². The Morgan fingerprint density at radius 3 is 1.50 bits per heavy atom. The molecule has 0 aromatic rings. The summed E-state index contributed by atoms with van der Waals surface area (Å²) in [4.78, 5) is 35.3. The van der Waals surface area contributed by atoms with Crippen molar-refractivity contribution in [3.8, 4) is 0 Å². The fourth-order valence-electron chi connectivity index (χ4n) is 5.58. The molecule has 0 aliphatic carbocycles. The number of phosphoric ester groups is 1. The summed E-state index contributed by atoms with van der Waals surface area (Å²) in [5.74, 6) is -0.896. The zero-order chi connectivity index (χ0) is 41.4. The summed E-state index contributed by atoms with van der Waals surface area (Å²) in [6.45, 7) is 4.30. The molecule has 10 heteroatoms. The third-order valence-corrected chi connectivity index (χ3v) is 10.0. The van der Waals surface area contributed by atoms with Gasteiger partial charge in [0.15, 0.2) is 6.10 Å². The lowest BCUT2D eigenvalue weighted by atomic mass is 10.0. The van der Waals surface area contributed by atoms with Crippen molar-refractivity contribution < 1.29 is 42.1 Å². The molecular weight excluding hydrogens is 725 g/mol. The number of unbranched alkanes of at least 4 members (excludes halogenated alkanes) is 15. The monoisotopic (exact) mass is 809 g/mol. The minimum Gasteiger partial charge on any atom is -0.462 e. The summed E-state index contributed by atoms with van der Waals surface area (Å²) >= 11 is 0. The van der Waals surface area contributed by atoms with Crippen molar-refractivity contribution in [1.29, 1.82) is 0 Å². The van der Waals surface area contributed by atoms with Crippen molar-refractivity contribution >= 4 is 19.8 Å². The Morgan fingerprint density at radius 1 is 0.554 bits per heavy atom. The standard InChI is InChI=1S/C46H82NO8P/c1-6-8-10-12-14-16-18-20-21-22-23-24-25-27-28-30-32-34-36-38-45(48)52-42-44(43-54-56(50,51)53-41-40-47(3,4)5)55-46(49)39-37-35-33-31-29-26-19-17-15-13-11-9-7-2/h14,16,20-21,23-24,27-28,32,34,44H,6-13,15,17-19,22,25-26,29-31,33,35-43H2,1-5H3/p+1/b16-14+,21-20+,24-23+,28-27+,34-32+/t44-/m0/s1. The third kappa shape index (κ3) is 41.3. The van der Waals surface area contributed by atoms with Crippen LogP contribution >= 0.6 is 7.82 Å². The molecular formula is C46H83NO8P+. The van der Waals surface area contributed by atoms with Crippen LogP contribution in [0.4, 0.5) is 0 Å². The van der Waals surface area contributed by atoms with E-state index in [1.807, 2.05) is 33.3 Å². The fraction of sp³-hybridized carbons (Fsp3) is 0.739. The van der Waals surface area contributed by atoms with E-state index in [0.717, 1.165) is 44.9 Å². The fourth-order valence-corrected chi connectivity index (χ4v) is 6.33. The molecule has 0 aromatic carbocycles. The Hall–Kier alpha value is -2.29. The van der Waals surface area contributed by atoms with E-state index in [-0.39, 0.29) is 26.1 Å². The Labute approximate surface area is 343 Å². The van der Waals surface area contributed by atoms with Crippen LogP contribution in [0, 0.1) is 0 Å². The first-order chi connectivity index (χ1) is 27.0. The molecule has 56 heavy (non-hydrogen) atoms. The smallest absolute Gasteiger partial charge is 0.462 e. The summed E-state index contributed by atoms with van der Waals surface area (Å²) < 4.78 is 34.2. The minimum absolute atomic E-state index is 0.0195. The maximum Gasteiger partial charge on any atom is 0.472 e. The van der Waals surface area contributed by atoms with Gasteiger partial charge in [-0.1, -0.05) is 164 Å². The minimum atomic E-state index is -4.39. The van der Waals surface area contributed by atoms with Gasteiger partial charge in [-0.15, -0.1) is 0 Å². The SMILES string of the molecule is CCCCC/C=C/C/C=C/C/C=C/C/C=C/C/C=C/CCC(=O)OC[C@@H](COP(=O)(O)OCC[N+](C)(C)C)OC(=O)CCCCCCCCCCCCCCC. The topological polar surface area (TPSA) is 108 Å². The second-order valence-electron chi connectivity index (χ2n) is 15.7. The van der Waals surface area contributed by atoms with Gasteiger partial charge in [-0.3, -0.25) is 18.6 Å². The van der Waals surface area contributed by atoms with E-state index < -0.39 is 32.5 Å². The van der Waals surface area contributed by atoms with Crippen LogP contribution in [-0.2, 0) is 32.7 Å². The van der Waals surface area contributed by atoms with Crippen molar-refractivity contribution in [2.24, 2.45) is 0 Å². The number of allylic oxidation sites excluding steroid dienone is 10. The van der Waals surface area contributed by atoms with Crippen molar-refractivity contribution in [2.75, 3.05) is 47.5 Å². The average molecular weight is 809 g/mol. The highest BCUT2D eigenvalue weighted by molar-refractivity contribution is 7.47. The second kappa shape index (κ2) is 38.2. The third-order valence-electron chi connectivity index (χ3n) is 9.06. The number of carbonyl (C=O) groups excluding carboxylic acids is 2. The molecule has 0 bridgehead atoms. The lowest BCUT2D eigenvalue weighted by molar-refractivity contribution is -0.870.